The van der Waals surface area contributed by atoms with Gasteiger partial charge in [0.05, 0.1) is 0 Å². The summed E-state index contributed by atoms with van der Waals surface area (Å²) in [4.78, 5) is 10.1. The van der Waals surface area contributed by atoms with Gasteiger partial charge < -0.3 is 9.90 Å². The molecule has 0 aliphatic heterocycles. The third-order valence-electron chi connectivity index (χ3n) is 1.70. The van der Waals surface area contributed by atoms with Gasteiger partial charge in [0, 0.05) is 5.97 Å². The second kappa shape index (κ2) is 6.19. The molecule has 0 saturated heterocycles. The van der Waals surface area contributed by atoms with E-state index in [4.69, 9.17) is 0 Å². The summed E-state index contributed by atoms with van der Waals surface area (Å²) in [5.74, 6) is -0.989. The zero-order valence-corrected chi connectivity index (χ0v) is 10.0. The molecule has 0 radical (unpaired) electrons. The smallest absolute Gasteiger partial charge is 0.550 e. The average molecular weight is 186 g/mol. The van der Waals surface area contributed by atoms with Crippen LogP contribution in [0.15, 0.2) is 24.3 Å². The van der Waals surface area contributed by atoms with Crippen LogP contribution in [0.4, 0.5) is 0 Å². The minimum absolute atomic E-state index is 0. The SMILES string of the molecule is Cc1cccc(CCC(=O)[O-])c1.[Na+]. The maximum Gasteiger partial charge on any atom is 1.00 e. The van der Waals surface area contributed by atoms with E-state index in [1.807, 2.05) is 31.2 Å². The number of aliphatic carboxylic acids is 1. The number of benzene rings is 1. The Morgan fingerprint density at radius 2 is 2.15 bits per heavy atom. The molecular weight excluding hydrogens is 175 g/mol. The molecule has 3 heteroatoms. The van der Waals surface area contributed by atoms with E-state index >= 15 is 0 Å². The van der Waals surface area contributed by atoms with Crippen molar-refractivity contribution in [1.82, 2.24) is 0 Å². The summed E-state index contributed by atoms with van der Waals surface area (Å²) >= 11 is 0. The molecule has 0 atom stereocenters. The molecule has 1 rings (SSSR count). The Labute approximate surface area is 100 Å². The standard InChI is InChI=1S/C10H12O2.Na/c1-8-3-2-4-9(7-8)5-6-10(11)12;/h2-4,7H,5-6H2,1H3,(H,11,12);/q;+1/p-1. The summed E-state index contributed by atoms with van der Waals surface area (Å²) < 4.78 is 0. The van der Waals surface area contributed by atoms with E-state index in [0.717, 1.165) is 11.1 Å². The molecule has 13 heavy (non-hydrogen) atoms. The van der Waals surface area contributed by atoms with E-state index in [0.29, 0.717) is 6.42 Å². The summed E-state index contributed by atoms with van der Waals surface area (Å²) in [5, 5.41) is 10.1. The van der Waals surface area contributed by atoms with Crippen molar-refractivity contribution in [3.63, 3.8) is 0 Å². The van der Waals surface area contributed by atoms with Crippen LogP contribution in [0.1, 0.15) is 17.5 Å². The van der Waals surface area contributed by atoms with Crippen molar-refractivity contribution in [3.05, 3.63) is 35.4 Å². The molecular formula is C10H11NaO2. The number of carbonyl (C=O) groups is 1. The molecule has 0 N–H and O–H groups in total. The average Bonchev–Trinajstić information content (AvgIpc) is 2.01. The number of rotatable bonds is 3. The van der Waals surface area contributed by atoms with E-state index in [1.54, 1.807) is 0 Å². The molecule has 0 saturated carbocycles. The molecule has 0 bridgehead atoms. The molecule has 0 aliphatic rings. The van der Waals surface area contributed by atoms with Gasteiger partial charge in [-0.2, -0.15) is 0 Å². The van der Waals surface area contributed by atoms with Crippen molar-refractivity contribution in [1.29, 1.82) is 0 Å². The summed E-state index contributed by atoms with van der Waals surface area (Å²) in [6.07, 6.45) is 0.660. The second-order valence-corrected chi connectivity index (χ2v) is 2.86. The fourth-order valence-electron chi connectivity index (χ4n) is 1.11. The van der Waals surface area contributed by atoms with E-state index in [1.165, 1.54) is 0 Å². The van der Waals surface area contributed by atoms with Gasteiger partial charge in [0.15, 0.2) is 0 Å². The summed E-state index contributed by atoms with van der Waals surface area (Å²) in [7, 11) is 0. The molecule has 2 nitrogen and oxygen atoms in total. The molecule has 0 aliphatic carbocycles. The third-order valence-corrected chi connectivity index (χ3v) is 1.70. The second-order valence-electron chi connectivity index (χ2n) is 2.86. The summed E-state index contributed by atoms with van der Waals surface area (Å²) in [6, 6.07) is 7.83. The van der Waals surface area contributed by atoms with Gasteiger partial charge >= 0.3 is 29.6 Å². The first-order valence-electron chi connectivity index (χ1n) is 3.94. The van der Waals surface area contributed by atoms with Crippen molar-refractivity contribution >= 4 is 5.97 Å². The van der Waals surface area contributed by atoms with Crippen LogP contribution in [0.5, 0.6) is 0 Å². The Hall–Kier alpha value is -0.310. The van der Waals surface area contributed by atoms with E-state index < -0.39 is 5.97 Å². The molecule has 0 amide bonds. The van der Waals surface area contributed by atoms with Gasteiger partial charge in [0.2, 0.25) is 0 Å². The van der Waals surface area contributed by atoms with Crippen molar-refractivity contribution in [2.45, 2.75) is 19.8 Å². The van der Waals surface area contributed by atoms with E-state index in [2.05, 4.69) is 0 Å². The topological polar surface area (TPSA) is 40.1 Å². The first kappa shape index (κ1) is 12.7. The van der Waals surface area contributed by atoms with Gasteiger partial charge in [0.1, 0.15) is 0 Å². The Kier molecular flexibility index (Phi) is 6.04. The third kappa shape index (κ3) is 5.09. The molecule has 64 valence electrons. The van der Waals surface area contributed by atoms with Crippen molar-refractivity contribution in [2.24, 2.45) is 0 Å². The summed E-state index contributed by atoms with van der Waals surface area (Å²) in [5.41, 5.74) is 2.21. The van der Waals surface area contributed by atoms with Gasteiger partial charge in [-0.1, -0.05) is 29.8 Å². The van der Waals surface area contributed by atoms with Gasteiger partial charge in [-0.15, -0.1) is 0 Å². The first-order valence-corrected chi connectivity index (χ1v) is 3.94. The maximum atomic E-state index is 10.1. The summed E-state index contributed by atoms with van der Waals surface area (Å²) in [6.45, 7) is 1.99. The van der Waals surface area contributed by atoms with Crippen LogP contribution in [0.2, 0.25) is 0 Å². The van der Waals surface area contributed by atoms with E-state index in [-0.39, 0.29) is 36.0 Å². The fraction of sp³-hybridized carbons (Fsp3) is 0.300. The molecule has 0 fully saturated rings. The zero-order valence-electron chi connectivity index (χ0n) is 8.04. The van der Waals surface area contributed by atoms with Crippen LogP contribution in [0, 0.1) is 6.92 Å². The largest absolute Gasteiger partial charge is 1.00 e. The predicted molar refractivity (Wildman–Crippen MR) is 44.5 cm³/mol. The van der Waals surface area contributed by atoms with Gasteiger partial charge in [0.25, 0.3) is 0 Å². The minimum Gasteiger partial charge on any atom is -0.550 e. The van der Waals surface area contributed by atoms with Crippen LogP contribution < -0.4 is 34.7 Å². The molecule has 0 aromatic heterocycles. The van der Waals surface area contributed by atoms with Gasteiger partial charge in [-0.3, -0.25) is 0 Å². The van der Waals surface area contributed by atoms with Crippen molar-refractivity contribution in [3.8, 4) is 0 Å². The number of carboxylic acid groups (broad SMARTS) is 1. The molecule has 1 aromatic rings. The number of hydrogen-bond acceptors (Lipinski definition) is 2. The Morgan fingerprint density at radius 3 is 2.69 bits per heavy atom. The van der Waals surface area contributed by atoms with Crippen LogP contribution in [0.3, 0.4) is 0 Å². The number of carbonyl (C=O) groups excluding carboxylic acids is 1. The van der Waals surface area contributed by atoms with Gasteiger partial charge in [-0.05, 0) is 25.3 Å². The minimum atomic E-state index is -0.989. The van der Waals surface area contributed by atoms with E-state index in [9.17, 15) is 9.90 Å². The number of aryl methyl sites for hydroxylation is 2. The fourth-order valence-corrected chi connectivity index (χ4v) is 1.11. The maximum absolute atomic E-state index is 10.1. The Morgan fingerprint density at radius 1 is 1.46 bits per heavy atom. The number of carboxylic acids is 1. The van der Waals surface area contributed by atoms with Crippen LogP contribution in [0.25, 0.3) is 0 Å². The van der Waals surface area contributed by atoms with Crippen LogP contribution in [-0.2, 0) is 11.2 Å². The van der Waals surface area contributed by atoms with Crippen molar-refractivity contribution in [2.75, 3.05) is 0 Å². The molecule has 0 heterocycles. The monoisotopic (exact) mass is 186 g/mol. The van der Waals surface area contributed by atoms with Gasteiger partial charge in [-0.25, -0.2) is 0 Å². The predicted octanol–water partition coefficient (Wildman–Crippen LogP) is -2.32. The molecule has 0 spiro atoms. The Balaban J connectivity index is 0.00000144. The van der Waals surface area contributed by atoms with Crippen LogP contribution >= 0.6 is 0 Å². The van der Waals surface area contributed by atoms with Crippen LogP contribution in [-0.4, -0.2) is 5.97 Å². The quantitative estimate of drug-likeness (QED) is 0.497. The Bertz CT molecular complexity index is 284. The molecule has 0 unspecified atom stereocenters. The number of hydrogen-bond donors (Lipinski definition) is 0. The normalized spacial score (nSPS) is 9.00. The first-order chi connectivity index (χ1) is 5.68. The molecule has 1 aromatic carbocycles. The van der Waals surface area contributed by atoms with Crippen molar-refractivity contribution < 1.29 is 39.5 Å². The zero-order chi connectivity index (χ0) is 8.97.